The normalized spacial score (nSPS) is 21.7. The van der Waals surface area contributed by atoms with E-state index in [9.17, 15) is 4.79 Å². The topological polar surface area (TPSA) is 42.0 Å². The number of benzene rings is 1. The van der Waals surface area contributed by atoms with E-state index < -0.39 is 0 Å². The fraction of sp³-hybridized carbons (Fsp3) is 0.611. The monoisotopic (exact) mass is 318 g/mol. The maximum atomic E-state index is 12.3. The van der Waals surface area contributed by atoms with Crippen LogP contribution in [0.25, 0.3) is 0 Å². The van der Waals surface area contributed by atoms with Crippen LogP contribution in [-0.2, 0) is 22.6 Å². The molecule has 126 valence electrons. The summed E-state index contributed by atoms with van der Waals surface area (Å²) in [7, 11) is 1.55. The van der Waals surface area contributed by atoms with E-state index in [1.54, 1.807) is 7.11 Å². The fourth-order valence-electron chi connectivity index (χ4n) is 3.37. The Bertz CT molecular complexity index is 555. The van der Waals surface area contributed by atoms with Gasteiger partial charge in [-0.05, 0) is 50.6 Å². The molecule has 5 nitrogen and oxygen atoms in total. The van der Waals surface area contributed by atoms with Crippen molar-refractivity contribution in [1.82, 2.24) is 9.80 Å². The Morgan fingerprint density at radius 1 is 1.35 bits per heavy atom. The Balaban J connectivity index is 1.77. The van der Waals surface area contributed by atoms with E-state index in [2.05, 4.69) is 23.1 Å². The number of nitrogens with zero attached hydrogens (tertiary/aromatic N) is 2. The van der Waals surface area contributed by atoms with Crippen LogP contribution >= 0.6 is 0 Å². The summed E-state index contributed by atoms with van der Waals surface area (Å²) in [5.74, 6) is 0.913. The summed E-state index contributed by atoms with van der Waals surface area (Å²) in [4.78, 5) is 16.6. The number of fused-ring (bicyclic) bond motifs is 1. The second-order valence-corrected chi connectivity index (χ2v) is 6.54. The maximum absolute atomic E-state index is 12.3. The van der Waals surface area contributed by atoms with Crippen LogP contribution in [-0.4, -0.2) is 55.2 Å². The molecule has 0 aliphatic carbocycles. The van der Waals surface area contributed by atoms with Crippen molar-refractivity contribution in [2.24, 2.45) is 0 Å². The van der Waals surface area contributed by atoms with Crippen molar-refractivity contribution in [3.63, 3.8) is 0 Å². The molecule has 0 saturated carbocycles. The van der Waals surface area contributed by atoms with Crippen molar-refractivity contribution in [1.29, 1.82) is 0 Å². The molecule has 0 radical (unpaired) electrons. The van der Waals surface area contributed by atoms with Gasteiger partial charge in [-0.15, -0.1) is 0 Å². The Hall–Kier alpha value is -1.59. The highest BCUT2D eigenvalue weighted by molar-refractivity contribution is 5.78. The first-order valence-electron chi connectivity index (χ1n) is 8.42. The van der Waals surface area contributed by atoms with Crippen molar-refractivity contribution in [2.45, 2.75) is 38.9 Å². The molecule has 3 rings (SSSR count). The minimum absolute atomic E-state index is 0.0152. The first kappa shape index (κ1) is 16.3. The molecular formula is C18H26N2O3. The Morgan fingerprint density at radius 3 is 2.87 bits per heavy atom. The Labute approximate surface area is 138 Å². The number of hydrogen-bond donors (Lipinski definition) is 0. The summed E-state index contributed by atoms with van der Waals surface area (Å²) in [6.45, 7) is 6.60. The quantitative estimate of drug-likeness (QED) is 0.852. The zero-order valence-electron chi connectivity index (χ0n) is 14.1. The van der Waals surface area contributed by atoms with E-state index in [4.69, 9.17) is 9.47 Å². The molecule has 0 N–H and O–H groups in total. The van der Waals surface area contributed by atoms with Gasteiger partial charge in [0.2, 0.25) is 5.91 Å². The molecule has 0 unspecified atom stereocenters. The van der Waals surface area contributed by atoms with Crippen LogP contribution in [0.4, 0.5) is 0 Å². The molecule has 0 bridgehead atoms. The first-order valence-corrected chi connectivity index (χ1v) is 8.42. The number of carbonyl (C=O) groups excluding carboxylic acids is 1. The van der Waals surface area contributed by atoms with Crippen molar-refractivity contribution < 1.29 is 14.3 Å². The molecule has 1 fully saturated rings. The first-order chi connectivity index (χ1) is 11.2. The predicted octanol–water partition coefficient (Wildman–Crippen LogP) is 2.04. The van der Waals surface area contributed by atoms with E-state index >= 15 is 0 Å². The molecular weight excluding hydrogens is 292 g/mol. The summed E-state index contributed by atoms with van der Waals surface area (Å²) in [5.41, 5.74) is 2.39. The lowest BCUT2D eigenvalue weighted by Crippen LogP contribution is -2.41. The van der Waals surface area contributed by atoms with Gasteiger partial charge >= 0.3 is 0 Å². The van der Waals surface area contributed by atoms with Gasteiger partial charge in [-0.2, -0.15) is 0 Å². The fourth-order valence-corrected chi connectivity index (χ4v) is 3.37. The number of likely N-dealkylation sites (tertiary alicyclic amines) is 1. The molecule has 0 spiro atoms. The van der Waals surface area contributed by atoms with Gasteiger partial charge < -0.3 is 14.4 Å². The van der Waals surface area contributed by atoms with Gasteiger partial charge in [0.05, 0.1) is 6.04 Å². The molecule has 1 aromatic rings. The summed E-state index contributed by atoms with van der Waals surface area (Å²) >= 11 is 0. The van der Waals surface area contributed by atoms with Gasteiger partial charge in [-0.25, -0.2) is 0 Å². The molecule has 1 atom stereocenters. The molecule has 2 heterocycles. The molecule has 5 heteroatoms. The number of ether oxygens (including phenoxy) is 2. The minimum Gasteiger partial charge on any atom is -0.491 e. The zero-order valence-corrected chi connectivity index (χ0v) is 14.1. The van der Waals surface area contributed by atoms with Crippen LogP contribution in [0.5, 0.6) is 5.75 Å². The van der Waals surface area contributed by atoms with Crippen LogP contribution in [0.3, 0.4) is 0 Å². The maximum Gasteiger partial charge on any atom is 0.249 e. The third-order valence-corrected chi connectivity index (χ3v) is 4.67. The Morgan fingerprint density at radius 2 is 2.13 bits per heavy atom. The highest BCUT2D eigenvalue weighted by Gasteiger charge is 2.25. The van der Waals surface area contributed by atoms with Crippen LogP contribution < -0.4 is 4.74 Å². The summed E-state index contributed by atoms with van der Waals surface area (Å²) in [5, 5.41) is 0. The molecule has 2 aliphatic heterocycles. The minimum atomic E-state index is 0.0152. The highest BCUT2D eigenvalue weighted by Crippen LogP contribution is 2.27. The van der Waals surface area contributed by atoms with E-state index in [0.29, 0.717) is 13.2 Å². The van der Waals surface area contributed by atoms with Crippen LogP contribution in [0, 0.1) is 0 Å². The predicted molar refractivity (Wildman–Crippen MR) is 88.3 cm³/mol. The Kier molecular flexibility index (Phi) is 5.18. The molecule has 2 aliphatic rings. The van der Waals surface area contributed by atoms with Crippen molar-refractivity contribution >= 4 is 5.91 Å². The van der Waals surface area contributed by atoms with Crippen molar-refractivity contribution in [2.75, 3.05) is 33.4 Å². The third-order valence-electron chi connectivity index (χ3n) is 4.67. The molecule has 23 heavy (non-hydrogen) atoms. The van der Waals surface area contributed by atoms with Crippen LogP contribution in [0.1, 0.15) is 30.9 Å². The third kappa shape index (κ3) is 3.85. The average molecular weight is 318 g/mol. The molecule has 1 amide bonds. The number of amides is 1. The number of rotatable bonds is 4. The van der Waals surface area contributed by atoms with E-state index in [1.807, 2.05) is 11.8 Å². The summed E-state index contributed by atoms with van der Waals surface area (Å²) in [6.07, 6.45) is 2.59. The molecule has 1 aromatic carbocycles. The van der Waals surface area contributed by atoms with Gasteiger partial charge in [0.25, 0.3) is 0 Å². The van der Waals surface area contributed by atoms with Gasteiger partial charge in [0.1, 0.15) is 19.0 Å². The standard InChI is InChI=1S/C18H26N2O3/c1-14-12-23-17-6-5-15(10-19-7-3-4-8-19)9-16(17)11-20(14)18(21)13-22-2/h5-6,9,14H,3-4,7-8,10-13H2,1-2H3/t14-/m0/s1. The van der Waals surface area contributed by atoms with Crippen LogP contribution in [0.2, 0.25) is 0 Å². The highest BCUT2D eigenvalue weighted by atomic mass is 16.5. The van der Waals surface area contributed by atoms with Gasteiger partial charge in [0.15, 0.2) is 0 Å². The smallest absolute Gasteiger partial charge is 0.249 e. The number of methoxy groups -OCH3 is 1. The number of hydrogen-bond acceptors (Lipinski definition) is 4. The SMILES string of the molecule is COCC(=O)N1Cc2cc(CN3CCCC3)ccc2OC[C@@H]1C. The van der Waals surface area contributed by atoms with E-state index in [-0.39, 0.29) is 18.6 Å². The lowest BCUT2D eigenvalue weighted by atomic mass is 10.1. The number of carbonyl (C=O) groups is 1. The molecule has 1 saturated heterocycles. The lowest BCUT2D eigenvalue weighted by molar-refractivity contribution is -0.138. The second-order valence-electron chi connectivity index (χ2n) is 6.54. The van der Waals surface area contributed by atoms with E-state index in [0.717, 1.165) is 17.9 Å². The van der Waals surface area contributed by atoms with Crippen molar-refractivity contribution in [3.8, 4) is 5.75 Å². The largest absolute Gasteiger partial charge is 0.491 e. The van der Waals surface area contributed by atoms with Crippen molar-refractivity contribution in [3.05, 3.63) is 29.3 Å². The van der Waals surface area contributed by atoms with Gasteiger partial charge in [0, 0.05) is 25.8 Å². The summed E-state index contributed by atoms with van der Waals surface area (Å²) in [6, 6.07) is 6.44. The van der Waals surface area contributed by atoms with Gasteiger partial charge in [-0.3, -0.25) is 9.69 Å². The van der Waals surface area contributed by atoms with E-state index in [1.165, 1.54) is 31.5 Å². The summed E-state index contributed by atoms with van der Waals surface area (Å²) < 4.78 is 10.9. The average Bonchev–Trinajstić information content (AvgIpc) is 2.98. The lowest BCUT2D eigenvalue weighted by Gasteiger charge is -2.26. The zero-order chi connectivity index (χ0) is 16.2. The van der Waals surface area contributed by atoms with Crippen LogP contribution in [0.15, 0.2) is 18.2 Å². The molecule has 0 aromatic heterocycles. The van der Waals surface area contributed by atoms with Gasteiger partial charge in [-0.1, -0.05) is 6.07 Å². The second kappa shape index (κ2) is 7.32.